The Morgan fingerprint density at radius 1 is 1.02 bits per heavy atom. The standard InChI is InChI=1S/C32H29N3O6S2/c1-2-3-14-39-23-11-7-10-21(17-23)27-26(28(36)22-12-13-24-25(18-22)41-16-15-40-24)29(37)30(38)35(27)31-33-34-32(43-31)42-19-20-8-5-4-6-9-20/h4-13,17-18,27,36H,2-3,14-16,19H2,1H3/t27-/m0/s1. The summed E-state index contributed by atoms with van der Waals surface area (Å²) in [4.78, 5) is 28.6. The number of amides is 1. The van der Waals surface area contributed by atoms with E-state index in [9.17, 15) is 14.7 Å². The number of unbranched alkanes of at least 4 members (excludes halogenated alkanes) is 1. The first kappa shape index (κ1) is 28.8. The summed E-state index contributed by atoms with van der Waals surface area (Å²) in [6, 6.07) is 21.2. The molecule has 2 aliphatic rings. The number of fused-ring (bicyclic) bond motifs is 1. The molecule has 1 saturated heterocycles. The number of aromatic nitrogens is 2. The minimum atomic E-state index is -0.956. The van der Waals surface area contributed by atoms with Crippen LogP contribution in [0.25, 0.3) is 5.76 Å². The Balaban J connectivity index is 1.39. The monoisotopic (exact) mass is 615 g/mol. The van der Waals surface area contributed by atoms with Gasteiger partial charge >= 0.3 is 5.91 Å². The quantitative estimate of drug-likeness (QED) is 0.0540. The normalized spacial score (nSPS) is 17.3. The van der Waals surface area contributed by atoms with Crippen molar-refractivity contribution in [2.24, 2.45) is 0 Å². The molecule has 0 radical (unpaired) electrons. The molecule has 43 heavy (non-hydrogen) atoms. The van der Waals surface area contributed by atoms with E-state index in [2.05, 4.69) is 17.1 Å². The SMILES string of the molecule is CCCCOc1cccc([C@H]2C(=C(O)c3ccc4c(c3)OCCO4)C(=O)C(=O)N2c2nnc(SCc3ccccc3)s2)c1. The van der Waals surface area contributed by atoms with Gasteiger partial charge in [-0.3, -0.25) is 14.5 Å². The summed E-state index contributed by atoms with van der Waals surface area (Å²) in [6.45, 7) is 3.41. The van der Waals surface area contributed by atoms with Crippen LogP contribution in [0.2, 0.25) is 0 Å². The first-order valence-corrected chi connectivity index (χ1v) is 15.8. The fourth-order valence-corrected chi connectivity index (χ4v) is 6.70. The number of hydrogen-bond acceptors (Lipinski definition) is 10. The maximum Gasteiger partial charge on any atom is 0.301 e. The molecule has 0 aliphatic carbocycles. The Bertz CT molecular complexity index is 1670. The minimum Gasteiger partial charge on any atom is -0.507 e. The highest BCUT2D eigenvalue weighted by Crippen LogP contribution is 2.45. The number of carbonyl (C=O) groups is 2. The van der Waals surface area contributed by atoms with Crippen LogP contribution in [0.15, 0.2) is 82.7 Å². The molecule has 2 aliphatic heterocycles. The second kappa shape index (κ2) is 12.9. The fourth-order valence-electron chi connectivity index (χ4n) is 4.88. The molecule has 1 fully saturated rings. The van der Waals surface area contributed by atoms with E-state index in [4.69, 9.17) is 14.2 Å². The lowest BCUT2D eigenvalue weighted by Gasteiger charge is -2.23. The molecule has 0 unspecified atom stereocenters. The second-order valence-electron chi connectivity index (χ2n) is 9.93. The van der Waals surface area contributed by atoms with Gasteiger partial charge in [0, 0.05) is 11.3 Å². The molecule has 0 bridgehead atoms. The van der Waals surface area contributed by atoms with Crippen molar-refractivity contribution in [3.63, 3.8) is 0 Å². The Morgan fingerprint density at radius 2 is 1.84 bits per heavy atom. The van der Waals surface area contributed by atoms with Gasteiger partial charge in [-0.25, -0.2) is 0 Å². The minimum absolute atomic E-state index is 0.0546. The van der Waals surface area contributed by atoms with E-state index in [0.29, 0.717) is 58.3 Å². The Kier molecular flexibility index (Phi) is 8.62. The third-order valence-electron chi connectivity index (χ3n) is 7.01. The van der Waals surface area contributed by atoms with Gasteiger partial charge in [0.1, 0.15) is 24.7 Å². The number of carbonyl (C=O) groups excluding carboxylic acids is 2. The number of benzene rings is 3. The van der Waals surface area contributed by atoms with Gasteiger partial charge in [0.2, 0.25) is 5.13 Å². The number of rotatable bonds is 10. The van der Waals surface area contributed by atoms with Gasteiger partial charge in [-0.2, -0.15) is 0 Å². The summed E-state index contributed by atoms with van der Waals surface area (Å²) in [5.41, 5.74) is 2.00. The average molecular weight is 616 g/mol. The van der Waals surface area contributed by atoms with Crippen LogP contribution in [-0.2, 0) is 15.3 Å². The zero-order valence-corrected chi connectivity index (χ0v) is 25.0. The number of anilines is 1. The summed E-state index contributed by atoms with van der Waals surface area (Å²) in [7, 11) is 0. The largest absolute Gasteiger partial charge is 0.507 e. The zero-order valence-electron chi connectivity index (χ0n) is 23.4. The molecule has 0 saturated carbocycles. The number of Topliss-reactive ketones (excluding diaryl/α,β-unsaturated/α-hetero) is 1. The second-order valence-corrected chi connectivity index (χ2v) is 12.1. The van der Waals surface area contributed by atoms with Crippen LogP contribution in [0.3, 0.4) is 0 Å². The van der Waals surface area contributed by atoms with Crippen molar-refractivity contribution in [3.05, 3.63) is 95.1 Å². The number of aliphatic hydroxyl groups is 1. The van der Waals surface area contributed by atoms with Crippen molar-refractivity contribution in [1.29, 1.82) is 0 Å². The molecule has 1 atom stereocenters. The molecule has 6 rings (SSSR count). The maximum absolute atomic E-state index is 13.6. The Labute approximate surface area is 257 Å². The molecule has 11 heteroatoms. The maximum atomic E-state index is 13.6. The van der Waals surface area contributed by atoms with Gasteiger partial charge in [0.05, 0.1) is 18.2 Å². The van der Waals surface area contributed by atoms with Crippen LogP contribution in [0.5, 0.6) is 17.2 Å². The van der Waals surface area contributed by atoms with Crippen molar-refractivity contribution >= 4 is 45.7 Å². The van der Waals surface area contributed by atoms with Gasteiger partial charge in [0.25, 0.3) is 5.78 Å². The van der Waals surface area contributed by atoms with Crippen molar-refractivity contribution in [1.82, 2.24) is 10.2 Å². The number of hydrogen-bond donors (Lipinski definition) is 1. The fraction of sp³-hybridized carbons (Fsp3) is 0.250. The van der Waals surface area contributed by atoms with E-state index >= 15 is 0 Å². The molecule has 1 aromatic heterocycles. The van der Waals surface area contributed by atoms with Gasteiger partial charge in [0.15, 0.2) is 15.8 Å². The lowest BCUT2D eigenvalue weighted by atomic mass is 9.95. The van der Waals surface area contributed by atoms with E-state index in [1.165, 1.54) is 28.0 Å². The van der Waals surface area contributed by atoms with Gasteiger partial charge < -0.3 is 19.3 Å². The molecular weight excluding hydrogens is 587 g/mol. The lowest BCUT2D eigenvalue weighted by Crippen LogP contribution is -2.29. The van der Waals surface area contributed by atoms with Crippen LogP contribution in [0.4, 0.5) is 5.13 Å². The van der Waals surface area contributed by atoms with E-state index < -0.39 is 17.7 Å². The summed E-state index contributed by atoms with van der Waals surface area (Å²) in [6.07, 6.45) is 1.87. The first-order valence-electron chi connectivity index (χ1n) is 14.0. The van der Waals surface area contributed by atoms with Gasteiger partial charge in [-0.1, -0.05) is 78.9 Å². The lowest BCUT2D eigenvalue weighted by molar-refractivity contribution is -0.132. The van der Waals surface area contributed by atoms with E-state index in [1.54, 1.807) is 30.3 Å². The molecule has 3 heterocycles. The third-order valence-corrected chi connectivity index (χ3v) is 9.13. The average Bonchev–Trinajstić information content (AvgIpc) is 3.62. The molecule has 9 nitrogen and oxygen atoms in total. The molecule has 0 spiro atoms. The van der Waals surface area contributed by atoms with Crippen LogP contribution < -0.4 is 19.1 Å². The number of ether oxygens (including phenoxy) is 3. The summed E-state index contributed by atoms with van der Waals surface area (Å²) in [5, 5.41) is 20.5. The van der Waals surface area contributed by atoms with Gasteiger partial charge in [-0.15, -0.1) is 10.2 Å². The van der Waals surface area contributed by atoms with Crippen LogP contribution in [0, 0.1) is 0 Å². The Morgan fingerprint density at radius 3 is 2.65 bits per heavy atom. The molecule has 4 aromatic rings. The number of thioether (sulfide) groups is 1. The summed E-state index contributed by atoms with van der Waals surface area (Å²) < 4.78 is 17.9. The van der Waals surface area contributed by atoms with Crippen molar-refractivity contribution < 1.29 is 28.9 Å². The van der Waals surface area contributed by atoms with Crippen LogP contribution in [0.1, 0.15) is 42.5 Å². The molecule has 1 N–H and O–H groups in total. The predicted molar refractivity (Wildman–Crippen MR) is 165 cm³/mol. The van der Waals surface area contributed by atoms with E-state index in [-0.39, 0.29) is 16.5 Å². The highest BCUT2D eigenvalue weighted by molar-refractivity contribution is 8.00. The number of aliphatic hydroxyl groups excluding tert-OH is 1. The molecule has 220 valence electrons. The van der Waals surface area contributed by atoms with Gasteiger partial charge in [-0.05, 0) is 47.9 Å². The van der Waals surface area contributed by atoms with E-state index in [1.807, 2.05) is 42.5 Å². The third kappa shape index (κ3) is 6.09. The first-order chi connectivity index (χ1) is 21.0. The Hall–Kier alpha value is -4.35. The molecular formula is C32H29N3O6S2. The smallest absolute Gasteiger partial charge is 0.301 e. The summed E-state index contributed by atoms with van der Waals surface area (Å²) >= 11 is 2.72. The highest BCUT2D eigenvalue weighted by atomic mass is 32.2. The van der Waals surface area contributed by atoms with Crippen LogP contribution >= 0.6 is 23.1 Å². The van der Waals surface area contributed by atoms with Crippen LogP contribution in [-0.4, -0.2) is 46.8 Å². The molecule has 1 amide bonds. The number of ketones is 1. The molecule has 3 aromatic carbocycles. The van der Waals surface area contributed by atoms with Crippen molar-refractivity contribution in [2.75, 3.05) is 24.7 Å². The van der Waals surface area contributed by atoms with Crippen molar-refractivity contribution in [2.45, 2.75) is 35.9 Å². The highest BCUT2D eigenvalue weighted by Gasteiger charge is 2.48. The van der Waals surface area contributed by atoms with E-state index in [0.717, 1.165) is 18.4 Å². The number of nitrogens with zero attached hydrogens (tertiary/aromatic N) is 3. The zero-order chi connectivity index (χ0) is 29.8. The van der Waals surface area contributed by atoms with Crippen molar-refractivity contribution in [3.8, 4) is 17.2 Å². The summed E-state index contributed by atoms with van der Waals surface area (Å²) in [5.74, 6) is 0.359. The predicted octanol–water partition coefficient (Wildman–Crippen LogP) is 6.41. The topological polar surface area (TPSA) is 111 Å².